The van der Waals surface area contributed by atoms with Crippen molar-refractivity contribution in [3.8, 4) is 0 Å². The highest BCUT2D eigenvalue weighted by Crippen LogP contribution is 2.52. The Hall–Kier alpha value is -3.53. The molecule has 0 aromatic heterocycles. The van der Waals surface area contributed by atoms with Crippen LogP contribution in [0.2, 0.25) is 0 Å². The van der Waals surface area contributed by atoms with Gasteiger partial charge in [-0.15, -0.1) is 8.67 Å². The third kappa shape index (κ3) is 12.8. The number of hydrogen-bond donors (Lipinski definition) is 5. The molecule has 5 N–H and O–H groups in total. The second-order valence-corrected chi connectivity index (χ2v) is 19.8. The maximum absolute atomic E-state index is 12.4. The summed E-state index contributed by atoms with van der Waals surface area (Å²) in [4.78, 5) is 25.0. The molecule has 1 aliphatic carbocycles. The standard InChI is InChI=1S/C44H55ClN2O13S3/c1-43(2)34-28-32(62-60-58-53)18-20-36(34)46(25-9-5-7-15-41(50)51)38(43)22-16-30-12-10-13-31(42(30)45)17-23-39-44(3,24-8-4-6-14-40(48)49)35-29-33(63(54,55)56)19-21-37(35)47(39)26-11-27-61-59-57-52/h16-23,28-29H,4-15,24-27H2,1-3H3,(H4-,48,49,50,51,52,53,54,55,56)/p+1. The van der Waals surface area contributed by atoms with Gasteiger partial charge in [-0.2, -0.15) is 13.0 Å². The predicted octanol–water partition coefficient (Wildman–Crippen LogP) is 10.7. The summed E-state index contributed by atoms with van der Waals surface area (Å²) in [6.07, 6.45) is 15.8. The molecule has 5 rings (SSSR count). The Morgan fingerprint density at radius 1 is 0.873 bits per heavy atom. The van der Waals surface area contributed by atoms with Gasteiger partial charge in [0.1, 0.15) is 6.54 Å². The molecule has 0 radical (unpaired) electrons. The number of aliphatic carboxylic acids is 2. The quantitative estimate of drug-likeness (QED) is 0.0156. The van der Waals surface area contributed by atoms with E-state index in [0.717, 1.165) is 106 Å². The molecular weight excluding hydrogens is 896 g/mol. The van der Waals surface area contributed by atoms with E-state index in [0.29, 0.717) is 62.4 Å². The summed E-state index contributed by atoms with van der Waals surface area (Å²) in [7, 11) is -4.52. The first-order chi connectivity index (χ1) is 30.0. The second kappa shape index (κ2) is 23.1. The zero-order chi connectivity index (χ0) is 45.8. The lowest BCUT2D eigenvalue weighted by molar-refractivity contribution is -0.438. The fraction of sp³-hybridized carbons (Fsp3) is 0.477. The number of nitrogens with zero attached hydrogens (tertiary/aromatic N) is 2. The molecule has 15 nitrogen and oxygen atoms in total. The van der Waals surface area contributed by atoms with Crippen molar-refractivity contribution in [2.75, 3.05) is 23.7 Å². The van der Waals surface area contributed by atoms with Gasteiger partial charge in [-0.25, -0.2) is 10.5 Å². The molecule has 2 aliphatic heterocycles. The first kappa shape index (κ1) is 50.5. The summed E-state index contributed by atoms with van der Waals surface area (Å²) < 4.78 is 46.4. The Bertz CT molecular complexity index is 2260. The van der Waals surface area contributed by atoms with Crippen molar-refractivity contribution in [2.24, 2.45) is 0 Å². The van der Waals surface area contributed by atoms with Crippen LogP contribution in [0.3, 0.4) is 0 Å². The SMILES string of the molecule is CC1(C)C(/C=C/C2=C(Cl)C(=C/C=C3\N(CCCSOOO)c4ccc(S(=O)(=O)O)cc4C3(C)CCCCCC(=O)O)/CCC2)=[N+](CCCCCC(=O)O)c2ccc(SOOO)cc21. The van der Waals surface area contributed by atoms with Crippen LogP contribution in [0.25, 0.3) is 0 Å². The van der Waals surface area contributed by atoms with E-state index in [9.17, 15) is 27.7 Å². The smallest absolute Gasteiger partial charge is 0.303 e. The van der Waals surface area contributed by atoms with Crippen LogP contribution in [-0.2, 0) is 49.3 Å². The number of carboxylic acids is 2. The van der Waals surface area contributed by atoms with Gasteiger partial charge in [0.25, 0.3) is 10.1 Å². The summed E-state index contributed by atoms with van der Waals surface area (Å²) in [5.74, 6) is -1.21. The molecule has 0 saturated heterocycles. The van der Waals surface area contributed by atoms with Crippen LogP contribution >= 0.6 is 35.7 Å². The number of hydrogen-bond acceptors (Lipinski definition) is 13. The van der Waals surface area contributed by atoms with Crippen molar-refractivity contribution in [2.45, 2.75) is 125 Å². The van der Waals surface area contributed by atoms with E-state index in [1.807, 2.05) is 37.3 Å². The molecule has 2 aromatic carbocycles. The number of benzene rings is 2. The van der Waals surface area contributed by atoms with Gasteiger partial charge in [0, 0.05) is 88.0 Å². The summed E-state index contributed by atoms with van der Waals surface area (Å²) in [5.41, 5.74) is 6.23. The molecule has 0 saturated carbocycles. The van der Waals surface area contributed by atoms with E-state index < -0.39 is 32.9 Å². The Balaban J connectivity index is 1.53. The number of fused-ring (bicyclic) bond motifs is 2. The molecule has 2 heterocycles. The molecule has 2 aromatic rings. The maximum Gasteiger partial charge on any atom is 0.303 e. The largest absolute Gasteiger partial charge is 0.481 e. The summed E-state index contributed by atoms with van der Waals surface area (Å²) >= 11 is 9.11. The van der Waals surface area contributed by atoms with Crippen LogP contribution in [-0.4, -0.2) is 74.8 Å². The first-order valence-corrected chi connectivity index (χ1v) is 24.4. The minimum Gasteiger partial charge on any atom is -0.481 e. The van der Waals surface area contributed by atoms with Gasteiger partial charge in [-0.1, -0.05) is 46.7 Å². The van der Waals surface area contributed by atoms with Gasteiger partial charge in [-0.05, 0) is 125 Å². The van der Waals surface area contributed by atoms with E-state index in [2.05, 4.69) is 49.9 Å². The van der Waals surface area contributed by atoms with Crippen LogP contribution in [0.4, 0.5) is 11.4 Å². The molecule has 0 amide bonds. The average molecular weight is 953 g/mol. The zero-order valence-electron chi connectivity index (χ0n) is 35.6. The van der Waals surface area contributed by atoms with Gasteiger partial charge in [-0.3, -0.25) is 14.1 Å². The van der Waals surface area contributed by atoms with Gasteiger partial charge in [0.05, 0.1) is 22.4 Å². The zero-order valence-corrected chi connectivity index (χ0v) is 38.8. The highest BCUT2D eigenvalue weighted by molar-refractivity contribution is 7.94. The number of carbonyl (C=O) groups is 2. The fourth-order valence-corrected chi connectivity index (χ4v) is 10.3. The van der Waals surface area contributed by atoms with Crippen LogP contribution in [0, 0.1) is 0 Å². The number of unbranched alkanes of at least 4 members (excludes halogenated alkanes) is 4. The molecule has 1 unspecified atom stereocenters. The van der Waals surface area contributed by atoms with Crippen molar-refractivity contribution >= 4 is 74.8 Å². The normalized spacial score (nSPS) is 19.8. The van der Waals surface area contributed by atoms with E-state index in [-0.39, 0.29) is 17.7 Å². The van der Waals surface area contributed by atoms with Gasteiger partial charge < -0.3 is 15.1 Å². The van der Waals surface area contributed by atoms with Gasteiger partial charge in [0.2, 0.25) is 5.69 Å². The molecule has 344 valence electrons. The monoisotopic (exact) mass is 951 g/mol. The molecule has 63 heavy (non-hydrogen) atoms. The van der Waals surface area contributed by atoms with Crippen LogP contribution in [0.15, 0.2) is 92.4 Å². The Labute approximate surface area is 382 Å². The third-order valence-corrected chi connectivity index (χ3v) is 14.4. The number of halogens is 1. The molecular formula is C44H56ClN2O13S3+. The van der Waals surface area contributed by atoms with Crippen molar-refractivity contribution in [3.05, 3.63) is 93.7 Å². The lowest BCUT2D eigenvalue weighted by atomic mass is 9.77. The molecule has 19 heteroatoms. The van der Waals surface area contributed by atoms with Gasteiger partial charge >= 0.3 is 11.9 Å². The summed E-state index contributed by atoms with van der Waals surface area (Å²) in [6, 6.07) is 10.5. The molecule has 3 aliphatic rings. The van der Waals surface area contributed by atoms with E-state index in [1.165, 1.54) is 12.1 Å². The number of rotatable bonds is 25. The molecule has 0 fully saturated rings. The van der Waals surface area contributed by atoms with Crippen molar-refractivity contribution in [1.82, 2.24) is 0 Å². The van der Waals surface area contributed by atoms with Crippen molar-refractivity contribution in [3.63, 3.8) is 0 Å². The van der Waals surface area contributed by atoms with E-state index in [1.54, 1.807) is 6.07 Å². The molecule has 1 atom stereocenters. The minimum absolute atomic E-state index is 0.0487. The summed E-state index contributed by atoms with van der Waals surface area (Å²) in [6.45, 7) is 7.49. The molecule has 0 spiro atoms. The number of anilines is 1. The van der Waals surface area contributed by atoms with E-state index in [4.69, 9.17) is 31.6 Å². The maximum atomic E-state index is 12.4. The van der Waals surface area contributed by atoms with Crippen LogP contribution < -0.4 is 4.90 Å². The fourth-order valence-electron chi connectivity index (χ4n) is 8.76. The first-order valence-electron chi connectivity index (χ1n) is 20.9. The Morgan fingerprint density at radius 3 is 2.27 bits per heavy atom. The van der Waals surface area contributed by atoms with Crippen molar-refractivity contribution < 1.29 is 66.6 Å². The minimum atomic E-state index is -4.52. The third-order valence-electron chi connectivity index (χ3n) is 11.9. The predicted molar refractivity (Wildman–Crippen MR) is 242 cm³/mol. The van der Waals surface area contributed by atoms with Crippen molar-refractivity contribution in [1.29, 1.82) is 0 Å². The highest BCUT2D eigenvalue weighted by Gasteiger charge is 2.45. The van der Waals surface area contributed by atoms with Crippen LogP contribution in [0.5, 0.6) is 0 Å². The Morgan fingerprint density at radius 2 is 1.59 bits per heavy atom. The molecule has 0 bridgehead atoms. The Kier molecular flexibility index (Phi) is 18.5. The topological polar surface area (TPSA) is 213 Å². The van der Waals surface area contributed by atoms with Gasteiger partial charge in [0.15, 0.2) is 5.71 Å². The highest BCUT2D eigenvalue weighted by atomic mass is 35.5. The second-order valence-electron chi connectivity index (χ2n) is 16.5. The van der Waals surface area contributed by atoms with E-state index >= 15 is 0 Å². The summed E-state index contributed by atoms with van der Waals surface area (Å²) in [5, 5.41) is 44.0. The lowest BCUT2D eigenvalue weighted by Gasteiger charge is -2.31. The lowest BCUT2D eigenvalue weighted by Crippen LogP contribution is -2.29. The average Bonchev–Trinajstić information content (AvgIpc) is 3.59. The number of allylic oxidation sites excluding steroid dienone is 8. The van der Waals surface area contributed by atoms with Crippen LogP contribution in [0.1, 0.15) is 115 Å². The number of carboxylic acid groups (broad SMARTS) is 2.